The zero-order valence-corrected chi connectivity index (χ0v) is 27.7. The van der Waals surface area contributed by atoms with Crippen molar-refractivity contribution in [2.24, 2.45) is 0 Å². The van der Waals surface area contributed by atoms with E-state index in [1.807, 2.05) is 41.1 Å². The molecule has 0 spiro atoms. The lowest BCUT2D eigenvalue weighted by Crippen LogP contribution is -2.34. The Labute approximate surface area is 283 Å². The van der Waals surface area contributed by atoms with E-state index in [1.54, 1.807) is 30.3 Å². The van der Waals surface area contributed by atoms with Gasteiger partial charge in [-0.05, 0) is 113 Å². The van der Waals surface area contributed by atoms with Gasteiger partial charge in [-0.2, -0.15) is 20.1 Å². The maximum atomic E-state index is 14.5. The summed E-state index contributed by atoms with van der Waals surface area (Å²) in [5.74, 6) is -1.40. The molecule has 3 aromatic carbocycles. The van der Waals surface area contributed by atoms with Gasteiger partial charge in [-0.15, -0.1) is 0 Å². The van der Waals surface area contributed by atoms with Crippen LogP contribution in [0.3, 0.4) is 0 Å². The van der Waals surface area contributed by atoms with E-state index in [-0.39, 0.29) is 30.8 Å². The van der Waals surface area contributed by atoms with Crippen molar-refractivity contribution in [1.82, 2.24) is 5.32 Å². The molecule has 1 heterocycles. The number of hydrogen-bond acceptors (Lipinski definition) is 4. The van der Waals surface area contributed by atoms with Crippen LogP contribution in [0.5, 0.6) is 0 Å². The van der Waals surface area contributed by atoms with Crippen LogP contribution in [-0.4, -0.2) is 29.6 Å². The predicted molar refractivity (Wildman–Crippen MR) is 187 cm³/mol. The van der Waals surface area contributed by atoms with Crippen molar-refractivity contribution < 1.29 is 28.3 Å². The summed E-state index contributed by atoms with van der Waals surface area (Å²) >= 11 is 2.54. The fourth-order valence-corrected chi connectivity index (χ4v) is 6.19. The first-order valence-corrected chi connectivity index (χ1v) is 16.8. The molecular weight excluding hydrogens is 723 g/mol. The SMILES string of the molecule is O=C(O)CCNC(=O)c1ccc(CN(C(=O)Nc2cc(-c3ccsc3)cc(C(F)(F)I)c2)c2ccc(C3=CCCCC3)cc2)cc1. The molecule has 0 aliphatic heterocycles. The van der Waals surface area contributed by atoms with Crippen molar-refractivity contribution in [3.63, 3.8) is 0 Å². The molecular formula is C35H32F2IN3O4S. The number of carbonyl (C=O) groups is 3. The molecule has 11 heteroatoms. The Morgan fingerprint density at radius 3 is 2.33 bits per heavy atom. The van der Waals surface area contributed by atoms with Gasteiger partial charge < -0.3 is 15.7 Å². The van der Waals surface area contributed by atoms with Gasteiger partial charge in [0.15, 0.2) is 0 Å². The number of carboxylic acids is 1. The molecule has 4 aromatic rings. The van der Waals surface area contributed by atoms with Crippen LogP contribution in [0, 0.1) is 0 Å². The molecule has 5 rings (SSSR count). The highest BCUT2D eigenvalue weighted by Gasteiger charge is 2.28. The lowest BCUT2D eigenvalue weighted by Gasteiger charge is -2.25. The summed E-state index contributed by atoms with van der Waals surface area (Å²) in [6.07, 6.45) is 6.43. The topological polar surface area (TPSA) is 98.7 Å². The highest BCUT2D eigenvalue weighted by atomic mass is 127. The highest BCUT2D eigenvalue weighted by Crippen LogP contribution is 2.39. The molecule has 1 aliphatic rings. The monoisotopic (exact) mass is 755 g/mol. The quantitative estimate of drug-likeness (QED) is 0.105. The number of hydrogen-bond donors (Lipinski definition) is 3. The molecule has 0 atom stereocenters. The largest absolute Gasteiger partial charge is 0.481 e. The third-order valence-electron chi connectivity index (χ3n) is 7.63. The number of rotatable bonds is 11. The molecule has 3 amide bonds. The van der Waals surface area contributed by atoms with Crippen molar-refractivity contribution in [3.8, 4) is 11.1 Å². The van der Waals surface area contributed by atoms with E-state index in [4.69, 9.17) is 5.11 Å². The van der Waals surface area contributed by atoms with Crippen LogP contribution in [0.1, 0.15) is 59.2 Å². The van der Waals surface area contributed by atoms with Crippen LogP contribution in [-0.2, 0) is 15.3 Å². The Bertz CT molecular complexity index is 1720. The fourth-order valence-electron chi connectivity index (χ4n) is 5.22. The summed E-state index contributed by atoms with van der Waals surface area (Å²) < 4.78 is 25.8. The van der Waals surface area contributed by atoms with Gasteiger partial charge in [0, 0.05) is 51.6 Å². The van der Waals surface area contributed by atoms with E-state index >= 15 is 0 Å². The summed E-state index contributed by atoms with van der Waals surface area (Å²) in [6.45, 7) is 0.143. The predicted octanol–water partition coefficient (Wildman–Crippen LogP) is 9.30. The van der Waals surface area contributed by atoms with E-state index in [2.05, 4.69) is 16.7 Å². The van der Waals surface area contributed by atoms with E-state index in [0.29, 0.717) is 16.8 Å². The number of nitrogens with zero attached hydrogens (tertiary/aromatic N) is 1. The Hall–Kier alpha value is -4.10. The number of halogens is 3. The van der Waals surface area contributed by atoms with Gasteiger partial charge in [0.05, 0.1) is 13.0 Å². The van der Waals surface area contributed by atoms with E-state index in [1.165, 1.54) is 40.4 Å². The van der Waals surface area contributed by atoms with Crippen molar-refractivity contribution >= 4 is 68.8 Å². The number of allylic oxidation sites excluding steroid dienone is 2. The molecule has 0 bridgehead atoms. The number of carboxylic acid groups (broad SMARTS) is 1. The second-order valence-electron chi connectivity index (χ2n) is 10.9. The smallest absolute Gasteiger partial charge is 0.326 e. The second kappa shape index (κ2) is 15.0. The number of amides is 3. The third kappa shape index (κ3) is 8.79. The molecule has 3 N–H and O–H groups in total. The standard InChI is InChI=1S/C35H32F2IN3O4S/c36-35(37,38)29-18-28(27-15-17-46-22-27)19-30(20-29)40-34(45)41(31-12-10-25(11-13-31)24-4-2-1-3-5-24)21-23-6-8-26(9-7-23)33(44)39-16-14-32(42)43/h4,6-13,15,17-20,22H,1-3,5,14,16,21H2,(H,39,44)(H,40,45)(H,42,43). The van der Waals surface area contributed by atoms with Crippen LogP contribution in [0.4, 0.5) is 25.0 Å². The molecule has 0 fully saturated rings. The number of alkyl halides is 3. The van der Waals surface area contributed by atoms with E-state index in [0.717, 1.165) is 58.5 Å². The molecule has 1 aromatic heterocycles. The minimum absolute atomic E-state index is 0.00950. The van der Waals surface area contributed by atoms with Crippen LogP contribution < -0.4 is 15.5 Å². The summed E-state index contributed by atoms with van der Waals surface area (Å²) in [7, 11) is 0. The first-order chi connectivity index (χ1) is 22.1. The van der Waals surface area contributed by atoms with Crippen molar-refractivity contribution in [2.75, 3.05) is 16.8 Å². The molecule has 46 heavy (non-hydrogen) atoms. The van der Waals surface area contributed by atoms with E-state index < -0.39 is 21.8 Å². The summed E-state index contributed by atoms with van der Waals surface area (Å²) in [5, 5.41) is 18.0. The van der Waals surface area contributed by atoms with E-state index in [9.17, 15) is 23.2 Å². The number of benzene rings is 3. The third-order valence-corrected chi connectivity index (χ3v) is 8.94. The molecule has 1 aliphatic carbocycles. The zero-order valence-electron chi connectivity index (χ0n) is 24.8. The molecule has 0 saturated carbocycles. The van der Waals surface area contributed by atoms with Crippen LogP contribution in [0.25, 0.3) is 16.7 Å². The number of nitrogens with one attached hydrogen (secondary N) is 2. The van der Waals surface area contributed by atoms with Crippen LogP contribution >= 0.6 is 33.9 Å². The Balaban J connectivity index is 1.42. The molecule has 238 valence electrons. The summed E-state index contributed by atoms with van der Waals surface area (Å²) in [5.41, 5.74) is 5.43. The minimum Gasteiger partial charge on any atom is -0.481 e. The van der Waals surface area contributed by atoms with Gasteiger partial charge in [0.1, 0.15) is 0 Å². The van der Waals surface area contributed by atoms with Crippen LogP contribution in [0.2, 0.25) is 0 Å². The molecule has 0 saturated heterocycles. The van der Waals surface area contributed by atoms with Crippen LogP contribution in [0.15, 0.2) is 89.6 Å². The maximum Gasteiger partial charge on any atom is 0.326 e. The van der Waals surface area contributed by atoms with Crippen molar-refractivity contribution in [3.05, 3.63) is 112 Å². The molecule has 0 unspecified atom stereocenters. The van der Waals surface area contributed by atoms with Gasteiger partial charge in [-0.3, -0.25) is 14.5 Å². The zero-order chi connectivity index (χ0) is 32.7. The minimum atomic E-state index is -3.14. The average molecular weight is 756 g/mol. The number of urea groups is 1. The first-order valence-electron chi connectivity index (χ1n) is 14.8. The lowest BCUT2D eigenvalue weighted by molar-refractivity contribution is -0.136. The van der Waals surface area contributed by atoms with Gasteiger partial charge in [-0.25, -0.2) is 4.79 Å². The number of aliphatic carboxylic acids is 1. The second-order valence-corrected chi connectivity index (χ2v) is 13.1. The Kier molecular flexibility index (Phi) is 10.8. The Morgan fingerprint density at radius 1 is 0.935 bits per heavy atom. The number of carbonyl (C=O) groups excluding carboxylic acids is 2. The number of thiophene rings is 1. The normalized spacial score (nSPS) is 13.1. The highest BCUT2D eigenvalue weighted by molar-refractivity contribution is 14.1. The Morgan fingerprint density at radius 2 is 1.70 bits per heavy atom. The first kappa shape index (κ1) is 33.3. The van der Waals surface area contributed by atoms with Crippen molar-refractivity contribution in [2.45, 2.75) is 42.6 Å². The molecule has 0 radical (unpaired) electrons. The van der Waals surface area contributed by atoms with Gasteiger partial charge >= 0.3 is 15.9 Å². The van der Waals surface area contributed by atoms with Gasteiger partial charge in [-0.1, -0.05) is 30.3 Å². The van der Waals surface area contributed by atoms with Crippen molar-refractivity contribution in [1.29, 1.82) is 0 Å². The lowest BCUT2D eigenvalue weighted by atomic mass is 9.93. The fraction of sp³-hybridized carbons (Fsp3) is 0.229. The maximum absolute atomic E-state index is 14.5. The van der Waals surface area contributed by atoms with Gasteiger partial charge in [0.25, 0.3) is 5.91 Å². The summed E-state index contributed by atoms with van der Waals surface area (Å²) in [6, 6.07) is 20.1. The number of anilines is 2. The summed E-state index contributed by atoms with van der Waals surface area (Å²) in [4.78, 5) is 38.6. The average Bonchev–Trinajstić information content (AvgIpc) is 3.59. The van der Waals surface area contributed by atoms with Gasteiger partial charge in [0.2, 0.25) is 0 Å². The molecule has 7 nitrogen and oxygen atoms in total.